The number of piperazine rings is 1. The van der Waals surface area contributed by atoms with Crippen molar-refractivity contribution >= 4 is 33.3 Å². The minimum Gasteiger partial charge on any atom is -0.478 e. The molecule has 3 rings (SSSR count). The zero-order chi connectivity index (χ0) is 24.7. The summed E-state index contributed by atoms with van der Waals surface area (Å²) in [6, 6.07) is 8.73. The molecule has 2 aromatic carbocycles. The van der Waals surface area contributed by atoms with E-state index >= 15 is 0 Å². The lowest BCUT2D eigenvalue weighted by Crippen LogP contribution is -2.49. The highest BCUT2D eigenvalue weighted by Gasteiger charge is 2.24. The fourth-order valence-electron chi connectivity index (χ4n) is 3.56. The Bertz CT molecular complexity index is 1140. The van der Waals surface area contributed by atoms with Gasteiger partial charge in [-0.15, -0.1) is 0 Å². The van der Waals surface area contributed by atoms with Gasteiger partial charge in [-0.25, -0.2) is 17.6 Å². The summed E-state index contributed by atoms with van der Waals surface area (Å²) < 4.78 is 46.6. The molecular weight excluding hydrogens is 467 g/mol. The molecular formula is C22H27FN4O6S. The molecule has 0 saturated carbocycles. The van der Waals surface area contributed by atoms with Gasteiger partial charge in [0, 0.05) is 39.8 Å². The van der Waals surface area contributed by atoms with Crippen LogP contribution in [-0.2, 0) is 19.6 Å². The number of carboxylic acids is 1. The number of nitrogens with zero attached hydrogens (tertiary/aromatic N) is 2. The van der Waals surface area contributed by atoms with Crippen molar-refractivity contribution in [2.45, 2.75) is 4.90 Å². The summed E-state index contributed by atoms with van der Waals surface area (Å²) in [5.74, 6) is -2.02. The summed E-state index contributed by atoms with van der Waals surface area (Å²) in [5, 5.41) is 12.1. The smallest absolute Gasteiger partial charge is 0.335 e. The quantitative estimate of drug-likeness (QED) is 0.421. The van der Waals surface area contributed by atoms with Crippen LogP contribution in [0.5, 0.6) is 0 Å². The fourth-order valence-corrected chi connectivity index (χ4v) is 4.66. The van der Waals surface area contributed by atoms with E-state index < -0.39 is 21.8 Å². The molecule has 1 aliphatic heterocycles. The SMILES string of the molecule is COCCNC(=O)CN1CCN(c2ccc(C(=O)O)cc2NS(=O)(=O)c2cccc(F)c2)CC1. The Kier molecular flexibility index (Phi) is 8.42. The van der Waals surface area contributed by atoms with E-state index in [9.17, 15) is 27.5 Å². The number of benzene rings is 2. The molecule has 0 atom stereocenters. The second kappa shape index (κ2) is 11.3. The summed E-state index contributed by atoms with van der Waals surface area (Å²) in [6.45, 7) is 3.18. The number of carboxylic acid groups (broad SMARTS) is 1. The van der Waals surface area contributed by atoms with Crippen LogP contribution in [0.4, 0.5) is 15.8 Å². The predicted molar refractivity (Wildman–Crippen MR) is 124 cm³/mol. The third-order valence-electron chi connectivity index (χ3n) is 5.30. The predicted octanol–water partition coefficient (Wildman–Crippen LogP) is 1.21. The molecule has 1 fully saturated rings. The Balaban J connectivity index is 1.75. The van der Waals surface area contributed by atoms with E-state index in [4.69, 9.17) is 4.74 Å². The lowest BCUT2D eigenvalue weighted by Gasteiger charge is -2.36. The van der Waals surface area contributed by atoms with Crippen molar-refractivity contribution in [3.8, 4) is 0 Å². The number of hydrogen-bond donors (Lipinski definition) is 3. The first-order valence-electron chi connectivity index (χ1n) is 10.6. The van der Waals surface area contributed by atoms with Crippen LogP contribution in [0.2, 0.25) is 0 Å². The van der Waals surface area contributed by atoms with Crippen LogP contribution in [0, 0.1) is 5.82 Å². The fraction of sp³-hybridized carbons (Fsp3) is 0.364. The number of ether oxygens (including phenoxy) is 1. The normalized spacial score (nSPS) is 14.6. The Morgan fingerprint density at radius 1 is 1.12 bits per heavy atom. The molecule has 0 aliphatic carbocycles. The molecule has 34 heavy (non-hydrogen) atoms. The van der Waals surface area contributed by atoms with Gasteiger partial charge in [0.15, 0.2) is 0 Å². The molecule has 2 aromatic rings. The zero-order valence-corrected chi connectivity index (χ0v) is 19.5. The van der Waals surface area contributed by atoms with Crippen LogP contribution in [0.3, 0.4) is 0 Å². The third kappa shape index (κ3) is 6.65. The molecule has 12 heteroatoms. The number of halogens is 1. The number of carbonyl (C=O) groups excluding carboxylic acids is 1. The maximum absolute atomic E-state index is 13.6. The van der Waals surface area contributed by atoms with Gasteiger partial charge >= 0.3 is 5.97 Å². The molecule has 1 saturated heterocycles. The molecule has 184 valence electrons. The summed E-state index contributed by atoms with van der Waals surface area (Å²) in [5.41, 5.74) is 0.483. The number of aromatic carboxylic acids is 1. The highest BCUT2D eigenvalue weighted by atomic mass is 32.2. The largest absolute Gasteiger partial charge is 0.478 e. The molecule has 1 aliphatic rings. The Morgan fingerprint density at radius 2 is 1.85 bits per heavy atom. The van der Waals surface area contributed by atoms with Crippen LogP contribution in [0.15, 0.2) is 47.4 Å². The number of amides is 1. The van der Waals surface area contributed by atoms with Crippen molar-refractivity contribution in [2.24, 2.45) is 0 Å². The van der Waals surface area contributed by atoms with Crippen molar-refractivity contribution in [3.63, 3.8) is 0 Å². The number of nitrogens with one attached hydrogen (secondary N) is 2. The second-order valence-electron chi connectivity index (χ2n) is 7.71. The lowest BCUT2D eigenvalue weighted by molar-refractivity contribution is -0.122. The van der Waals surface area contributed by atoms with Gasteiger partial charge in [0.05, 0.1) is 35.0 Å². The Labute approximate surface area is 197 Å². The van der Waals surface area contributed by atoms with Gasteiger partial charge in [-0.2, -0.15) is 0 Å². The van der Waals surface area contributed by atoms with Crippen molar-refractivity contribution in [3.05, 3.63) is 53.8 Å². The standard InChI is InChI=1S/C22H27FN4O6S/c1-33-12-7-24-21(28)15-26-8-10-27(11-9-26)20-6-5-16(22(29)30)13-19(20)25-34(31,32)18-4-2-3-17(23)14-18/h2-6,13-14,25H,7-12,15H2,1H3,(H,24,28)(H,29,30). The van der Waals surface area contributed by atoms with Crippen molar-refractivity contribution < 1.29 is 32.2 Å². The topological polar surface area (TPSA) is 128 Å². The van der Waals surface area contributed by atoms with E-state index in [1.807, 2.05) is 9.80 Å². The molecule has 10 nitrogen and oxygen atoms in total. The van der Waals surface area contributed by atoms with E-state index in [1.165, 1.54) is 24.3 Å². The molecule has 3 N–H and O–H groups in total. The van der Waals surface area contributed by atoms with Crippen LogP contribution in [0.1, 0.15) is 10.4 Å². The van der Waals surface area contributed by atoms with Gasteiger partial charge in [-0.05, 0) is 36.4 Å². The van der Waals surface area contributed by atoms with Gasteiger partial charge in [-0.1, -0.05) is 6.07 Å². The van der Waals surface area contributed by atoms with Crippen molar-refractivity contribution in [1.82, 2.24) is 10.2 Å². The lowest BCUT2D eigenvalue weighted by atomic mass is 10.1. The number of methoxy groups -OCH3 is 1. The van der Waals surface area contributed by atoms with Gasteiger partial charge in [0.1, 0.15) is 5.82 Å². The summed E-state index contributed by atoms with van der Waals surface area (Å²) in [4.78, 5) is 27.1. The number of anilines is 2. The highest BCUT2D eigenvalue weighted by molar-refractivity contribution is 7.92. The van der Waals surface area contributed by atoms with E-state index in [0.29, 0.717) is 45.0 Å². The molecule has 1 amide bonds. The van der Waals surface area contributed by atoms with Crippen LogP contribution in [-0.4, -0.2) is 83.3 Å². The maximum Gasteiger partial charge on any atom is 0.335 e. The average molecular weight is 495 g/mol. The molecule has 0 unspecified atom stereocenters. The van der Waals surface area contributed by atoms with Crippen LogP contribution < -0.4 is 14.9 Å². The molecule has 0 radical (unpaired) electrons. The zero-order valence-electron chi connectivity index (χ0n) is 18.7. The van der Waals surface area contributed by atoms with Crippen molar-refractivity contribution in [2.75, 3.05) is 62.6 Å². The second-order valence-corrected chi connectivity index (χ2v) is 9.39. The molecule has 0 bridgehead atoms. The van der Waals surface area contributed by atoms with Gasteiger partial charge < -0.3 is 20.1 Å². The summed E-state index contributed by atoms with van der Waals surface area (Å²) >= 11 is 0. The first-order chi connectivity index (χ1) is 16.2. The Morgan fingerprint density at radius 3 is 2.50 bits per heavy atom. The minimum atomic E-state index is -4.16. The summed E-state index contributed by atoms with van der Waals surface area (Å²) in [7, 11) is -2.60. The maximum atomic E-state index is 13.6. The number of hydrogen-bond acceptors (Lipinski definition) is 7. The van der Waals surface area contributed by atoms with E-state index in [0.717, 1.165) is 12.1 Å². The summed E-state index contributed by atoms with van der Waals surface area (Å²) in [6.07, 6.45) is 0. The van der Waals surface area contributed by atoms with Gasteiger partial charge in [-0.3, -0.25) is 14.4 Å². The molecule has 0 spiro atoms. The first kappa shape index (κ1) is 25.4. The van der Waals surface area contributed by atoms with E-state index in [-0.39, 0.29) is 28.6 Å². The minimum absolute atomic E-state index is 0.0786. The van der Waals surface area contributed by atoms with Gasteiger partial charge in [0.25, 0.3) is 10.0 Å². The van der Waals surface area contributed by atoms with Crippen LogP contribution >= 0.6 is 0 Å². The average Bonchev–Trinajstić information content (AvgIpc) is 2.79. The molecule has 1 heterocycles. The van der Waals surface area contributed by atoms with Crippen molar-refractivity contribution in [1.29, 1.82) is 0 Å². The highest BCUT2D eigenvalue weighted by Crippen LogP contribution is 2.30. The van der Waals surface area contributed by atoms with E-state index in [2.05, 4.69) is 10.0 Å². The third-order valence-corrected chi connectivity index (χ3v) is 6.67. The number of rotatable bonds is 10. The molecule has 0 aromatic heterocycles. The van der Waals surface area contributed by atoms with Gasteiger partial charge in [0.2, 0.25) is 5.91 Å². The first-order valence-corrected chi connectivity index (χ1v) is 12.1. The monoisotopic (exact) mass is 494 g/mol. The number of sulfonamides is 1. The Hall–Kier alpha value is -3.22. The van der Waals surface area contributed by atoms with E-state index in [1.54, 1.807) is 13.2 Å². The number of carbonyl (C=O) groups is 2. The van der Waals surface area contributed by atoms with Crippen LogP contribution in [0.25, 0.3) is 0 Å².